The Labute approximate surface area is 141 Å². The Hall–Kier alpha value is -3.48. The van der Waals surface area contributed by atoms with E-state index in [0.717, 1.165) is 6.07 Å². The van der Waals surface area contributed by atoms with Crippen LogP contribution in [-0.4, -0.2) is 23.5 Å². The first kappa shape index (κ1) is 16.4. The van der Waals surface area contributed by atoms with Gasteiger partial charge in [-0.3, -0.25) is 9.59 Å². The van der Waals surface area contributed by atoms with Crippen molar-refractivity contribution >= 4 is 28.5 Å². The Morgan fingerprint density at radius 1 is 1.08 bits per heavy atom. The number of carbonyl (C=O) groups excluding carboxylic acids is 2. The highest BCUT2D eigenvalue weighted by Gasteiger charge is 2.13. The highest BCUT2D eigenvalue weighted by Crippen LogP contribution is 2.09. The molecule has 0 saturated heterocycles. The molecule has 3 aromatic rings. The van der Waals surface area contributed by atoms with Crippen LogP contribution in [0.3, 0.4) is 0 Å². The lowest BCUT2D eigenvalue weighted by atomic mass is 10.2. The number of rotatable bonds is 4. The van der Waals surface area contributed by atoms with Gasteiger partial charge in [0.2, 0.25) is 0 Å². The lowest BCUT2D eigenvalue weighted by molar-refractivity contribution is -0.119. The van der Waals surface area contributed by atoms with E-state index in [1.807, 2.05) is 0 Å². The van der Waals surface area contributed by atoms with Gasteiger partial charge < -0.3 is 15.0 Å². The fourth-order valence-corrected chi connectivity index (χ4v) is 2.25. The second-order valence-electron chi connectivity index (χ2n) is 5.22. The van der Waals surface area contributed by atoms with Crippen LogP contribution in [0.25, 0.3) is 10.9 Å². The molecule has 7 heteroatoms. The molecule has 0 aliphatic rings. The summed E-state index contributed by atoms with van der Waals surface area (Å²) in [5.74, 6) is -1.83. The summed E-state index contributed by atoms with van der Waals surface area (Å²) >= 11 is 0. The van der Waals surface area contributed by atoms with Crippen LogP contribution in [0.2, 0.25) is 0 Å². The molecule has 1 aromatic heterocycles. The van der Waals surface area contributed by atoms with Crippen LogP contribution in [0.5, 0.6) is 0 Å². The molecule has 0 aliphatic heterocycles. The number of esters is 1. The van der Waals surface area contributed by atoms with Crippen molar-refractivity contribution in [2.24, 2.45) is 0 Å². The largest absolute Gasteiger partial charge is 0.451 e. The van der Waals surface area contributed by atoms with Crippen LogP contribution in [0, 0.1) is 5.82 Å². The van der Waals surface area contributed by atoms with Crippen molar-refractivity contribution in [3.63, 3.8) is 0 Å². The first-order chi connectivity index (χ1) is 12.0. The standard InChI is InChI=1S/C18H13FN2O4/c19-11-5-7-12(8-6-11)20-17(23)10-25-18(24)15-9-16(22)13-3-1-2-4-14(13)21-15/h1-9H,10H2,(H,20,23)(H,21,22). The van der Waals surface area contributed by atoms with Crippen molar-refractivity contribution in [3.8, 4) is 0 Å². The highest BCUT2D eigenvalue weighted by molar-refractivity contribution is 5.95. The summed E-state index contributed by atoms with van der Waals surface area (Å²) in [6.07, 6.45) is 0. The number of aromatic nitrogens is 1. The fraction of sp³-hybridized carbons (Fsp3) is 0.0556. The van der Waals surface area contributed by atoms with Crippen molar-refractivity contribution in [1.82, 2.24) is 4.98 Å². The number of para-hydroxylation sites is 1. The molecule has 0 atom stereocenters. The van der Waals surface area contributed by atoms with E-state index in [0.29, 0.717) is 16.6 Å². The predicted octanol–water partition coefficient (Wildman–Crippen LogP) is 2.46. The zero-order valence-corrected chi connectivity index (χ0v) is 12.9. The summed E-state index contributed by atoms with van der Waals surface area (Å²) in [6.45, 7) is -0.537. The number of aromatic amines is 1. The van der Waals surface area contributed by atoms with Gasteiger partial charge in [0.25, 0.3) is 5.91 Å². The molecule has 0 unspecified atom stereocenters. The lowest BCUT2D eigenvalue weighted by Crippen LogP contribution is -2.22. The molecule has 0 radical (unpaired) electrons. The van der Waals surface area contributed by atoms with E-state index in [1.54, 1.807) is 24.3 Å². The van der Waals surface area contributed by atoms with Gasteiger partial charge in [0.1, 0.15) is 11.5 Å². The number of anilines is 1. The first-order valence-corrected chi connectivity index (χ1v) is 7.37. The number of fused-ring (bicyclic) bond motifs is 1. The monoisotopic (exact) mass is 340 g/mol. The van der Waals surface area contributed by atoms with Crippen molar-refractivity contribution in [1.29, 1.82) is 0 Å². The maximum atomic E-state index is 12.8. The second-order valence-corrected chi connectivity index (χ2v) is 5.22. The van der Waals surface area contributed by atoms with E-state index < -0.39 is 24.3 Å². The highest BCUT2D eigenvalue weighted by atomic mass is 19.1. The number of H-pyrrole nitrogens is 1. The minimum absolute atomic E-state index is 0.0433. The van der Waals surface area contributed by atoms with Gasteiger partial charge in [-0.2, -0.15) is 0 Å². The summed E-state index contributed by atoms with van der Waals surface area (Å²) < 4.78 is 17.7. The molecule has 2 N–H and O–H groups in total. The van der Waals surface area contributed by atoms with E-state index >= 15 is 0 Å². The summed E-state index contributed by atoms with van der Waals surface area (Å²) in [5.41, 5.74) is 0.509. The number of amides is 1. The number of ether oxygens (including phenoxy) is 1. The molecule has 25 heavy (non-hydrogen) atoms. The molecular formula is C18H13FN2O4. The van der Waals surface area contributed by atoms with Crippen molar-refractivity contribution in [2.45, 2.75) is 0 Å². The Balaban J connectivity index is 1.65. The number of hydrogen-bond donors (Lipinski definition) is 2. The van der Waals surface area contributed by atoms with Gasteiger partial charge in [0.05, 0.1) is 0 Å². The van der Waals surface area contributed by atoms with Crippen LogP contribution >= 0.6 is 0 Å². The molecule has 126 valence electrons. The van der Waals surface area contributed by atoms with Crippen LogP contribution in [0.15, 0.2) is 59.4 Å². The van der Waals surface area contributed by atoms with Gasteiger partial charge in [0.15, 0.2) is 12.0 Å². The Bertz CT molecular complexity index is 996. The predicted molar refractivity (Wildman–Crippen MR) is 89.9 cm³/mol. The molecule has 1 heterocycles. The number of nitrogens with one attached hydrogen (secondary N) is 2. The van der Waals surface area contributed by atoms with Gasteiger partial charge in [-0.05, 0) is 36.4 Å². The molecular weight excluding hydrogens is 327 g/mol. The van der Waals surface area contributed by atoms with Crippen LogP contribution in [0.1, 0.15) is 10.5 Å². The second kappa shape index (κ2) is 6.96. The Morgan fingerprint density at radius 2 is 1.80 bits per heavy atom. The first-order valence-electron chi connectivity index (χ1n) is 7.37. The van der Waals surface area contributed by atoms with Crippen LogP contribution in [-0.2, 0) is 9.53 Å². The molecule has 0 saturated carbocycles. The topological polar surface area (TPSA) is 88.3 Å². The van der Waals surface area contributed by atoms with Crippen LogP contribution < -0.4 is 10.7 Å². The molecule has 6 nitrogen and oxygen atoms in total. The molecule has 0 bridgehead atoms. The minimum Gasteiger partial charge on any atom is -0.451 e. The maximum absolute atomic E-state index is 12.8. The summed E-state index contributed by atoms with van der Waals surface area (Å²) in [6, 6.07) is 13.0. The number of carbonyl (C=O) groups is 2. The molecule has 0 aliphatic carbocycles. The van der Waals surface area contributed by atoms with Gasteiger partial charge in [-0.1, -0.05) is 12.1 Å². The smallest absolute Gasteiger partial charge is 0.355 e. The molecule has 0 fully saturated rings. The summed E-state index contributed by atoms with van der Waals surface area (Å²) in [5, 5.41) is 2.91. The number of hydrogen-bond acceptors (Lipinski definition) is 4. The molecule has 2 aromatic carbocycles. The van der Waals surface area contributed by atoms with Gasteiger partial charge in [-0.15, -0.1) is 0 Å². The van der Waals surface area contributed by atoms with Crippen LogP contribution in [0.4, 0.5) is 10.1 Å². The van der Waals surface area contributed by atoms with E-state index in [2.05, 4.69) is 10.3 Å². The summed E-state index contributed by atoms with van der Waals surface area (Å²) in [4.78, 5) is 38.6. The average molecular weight is 340 g/mol. The van der Waals surface area contributed by atoms with Gasteiger partial charge >= 0.3 is 5.97 Å². The molecule has 3 rings (SSSR count). The van der Waals surface area contributed by atoms with E-state index in [4.69, 9.17) is 4.74 Å². The number of pyridine rings is 1. The minimum atomic E-state index is -0.822. The third-order valence-electron chi connectivity index (χ3n) is 3.42. The fourth-order valence-electron chi connectivity index (χ4n) is 2.25. The number of benzene rings is 2. The SMILES string of the molecule is O=C(COC(=O)c1cc(=O)c2ccccc2[nH]1)Nc1ccc(F)cc1. The lowest BCUT2D eigenvalue weighted by Gasteiger charge is -2.07. The quantitative estimate of drug-likeness (QED) is 0.714. The Morgan fingerprint density at radius 3 is 2.56 bits per heavy atom. The average Bonchev–Trinajstić information content (AvgIpc) is 2.61. The van der Waals surface area contributed by atoms with Crippen molar-refractivity contribution in [2.75, 3.05) is 11.9 Å². The van der Waals surface area contributed by atoms with E-state index in [9.17, 15) is 18.8 Å². The van der Waals surface area contributed by atoms with Crippen molar-refractivity contribution in [3.05, 3.63) is 76.3 Å². The van der Waals surface area contributed by atoms with Gasteiger partial charge in [-0.25, -0.2) is 9.18 Å². The van der Waals surface area contributed by atoms with E-state index in [-0.39, 0.29) is 11.1 Å². The molecule has 1 amide bonds. The van der Waals surface area contributed by atoms with Gasteiger partial charge in [0, 0.05) is 22.7 Å². The van der Waals surface area contributed by atoms with Crippen molar-refractivity contribution < 1.29 is 18.7 Å². The third kappa shape index (κ3) is 3.89. The number of halogens is 1. The normalized spacial score (nSPS) is 10.4. The third-order valence-corrected chi connectivity index (χ3v) is 3.42. The zero-order valence-electron chi connectivity index (χ0n) is 12.9. The molecule has 0 spiro atoms. The zero-order chi connectivity index (χ0) is 17.8. The maximum Gasteiger partial charge on any atom is 0.355 e. The van der Waals surface area contributed by atoms with E-state index in [1.165, 1.54) is 24.3 Å². The summed E-state index contributed by atoms with van der Waals surface area (Å²) in [7, 11) is 0. The Kier molecular flexibility index (Phi) is 4.56.